The number of hydrogen-bond donors (Lipinski definition) is 12. The third kappa shape index (κ3) is 23.7. The predicted octanol–water partition coefficient (Wildman–Crippen LogP) is 19.1. The molecule has 23 heteroatoms. The van der Waals surface area contributed by atoms with Crippen LogP contribution >= 0.6 is 0 Å². The maximum absolute atomic E-state index is 12.2. The summed E-state index contributed by atoms with van der Waals surface area (Å²) in [4.78, 5) is 91.8. The summed E-state index contributed by atoms with van der Waals surface area (Å²) in [5, 5.41) is 38.9. The predicted molar refractivity (Wildman–Crippen MR) is 456 cm³/mol. The van der Waals surface area contributed by atoms with E-state index in [0.29, 0.717) is 64.8 Å². The zero-order valence-electron chi connectivity index (χ0n) is 68.2. The molecule has 0 saturated carbocycles. The van der Waals surface area contributed by atoms with Crippen LogP contribution in [0.1, 0.15) is 231 Å². The highest BCUT2D eigenvalue weighted by Gasteiger charge is 2.25. The Morgan fingerprint density at radius 3 is 0.895 bits per heavy atom. The Bertz CT molecular complexity index is 4990. The van der Waals surface area contributed by atoms with Crippen LogP contribution in [0.4, 0.5) is 0 Å². The normalized spacial score (nSPS) is 15.4. The molecule has 604 valence electrons. The number of aromatic amines is 8. The quantitative estimate of drug-likeness (QED) is 0.0101. The van der Waals surface area contributed by atoms with E-state index in [9.17, 15) is 39.6 Å². The first-order valence-corrected chi connectivity index (χ1v) is 39.8. The fourth-order valence-corrected chi connectivity index (χ4v) is 14.0. The van der Waals surface area contributed by atoms with Gasteiger partial charge in [0.25, 0.3) is 0 Å². The van der Waals surface area contributed by atoms with Crippen LogP contribution in [0.2, 0.25) is 0 Å². The number of aliphatic imine (C=N–C) groups is 4. The number of aliphatic hydroxyl groups is 4. The molecule has 4 aliphatic rings. The smallest absolute Gasteiger partial charge is 0.306 e. The highest BCUT2D eigenvalue weighted by atomic mass is 16.5. The Morgan fingerprint density at radius 2 is 0.632 bits per heavy atom. The van der Waals surface area contributed by atoms with Gasteiger partial charge in [-0.15, -0.1) is 0 Å². The number of ketones is 1. The molecule has 0 unspecified atom stereocenters. The molecule has 23 nitrogen and oxygen atoms in total. The van der Waals surface area contributed by atoms with Gasteiger partial charge in [-0.1, -0.05) is 52.4 Å². The maximum Gasteiger partial charge on any atom is 0.306 e. The zero-order valence-corrected chi connectivity index (χ0v) is 68.2. The number of Topliss-reactive ketones (excluding diaryl/α,β-unsaturated/α-hetero) is 1. The van der Waals surface area contributed by atoms with Crippen molar-refractivity contribution < 1.29 is 53.8 Å². The third-order valence-corrected chi connectivity index (χ3v) is 20.6. The van der Waals surface area contributed by atoms with E-state index in [4.69, 9.17) is 19.2 Å². The first kappa shape index (κ1) is 86.7. The number of esters is 3. The van der Waals surface area contributed by atoms with Crippen molar-refractivity contribution >= 4 is 70.8 Å². The van der Waals surface area contributed by atoms with Gasteiger partial charge in [0.15, 0.2) is 0 Å². The number of rotatable bonds is 35. The Balaban J connectivity index is 0.000000175. The lowest BCUT2D eigenvalue weighted by atomic mass is 10.00. The molecule has 0 saturated heterocycles. The van der Waals surface area contributed by atoms with Crippen molar-refractivity contribution in [3.8, 4) is 45.6 Å². The summed E-state index contributed by atoms with van der Waals surface area (Å²) in [6, 6.07) is 23.4. The number of nitrogens with one attached hydrogen (secondary N) is 8. The third-order valence-electron chi connectivity index (χ3n) is 20.6. The number of carbonyl (C=O) groups excluding carboxylic acids is 4. The molecule has 0 fully saturated rings. The Morgan fingerprint density at radius 1 is 0.360 bits per heavy atom. The molecule has 0 aliphatic carbocycles. The molecular formula is C91H114N12O11. The van der Waals surface area contributed by atoms with Gasteiger partial charge in [-0.05, 0) is 249 Å². The van der Waals surface area contributed by atoms with E-state index < -0.39 is 0 Å². The maximum atomic E-state index is 12.2. The minimum Gasteiger partial charge on any atom is -0.466 e. The summed E-state index contributed by atoms with van der Waals surface area (Å²) in [6.45, 7) is 24.9. The SMILES string of the molecule is CC(=O)CCC1=C(C)C(=Cc2[nH]c(-c3ccc[nH]3)cc2CO)N=C1C.CCCCCCCCOC(=O)CCC1=C(C)C(=Cc2[nH]c(-c3ccc[nH]3)cc2CO)N=C1C.CCCCOC(=O)CCC1=C(C)C(=Cc2[nH]c(-c3ccc[nH]3)cc2CO)N=C1C.CCOC(=O)CCC1=C(C)C(=Cc2[nH]c(-c3ccc[nH]3)cc2CO)N=C1C. The minimum absolute atomic E-state index is 0.0427. The largest absolute Gasteiger partial charge is 0.466 e. The summed E-state index contributed by atoms with van der Waals surface area (Å²) >= 11 is 0. The Labute approximate surface area is 668 Å². The lowest BCUT2D eigenvalue weighted by molar-refractivity contribution is -0.144. The molecule has 0 atom stereocenters. The fraction of sp³-hybridized carbons (Fsp3) is 0.385. The van der Waals surface area contributed by atoms with Crippen molar-refractivity contribution in [1.82, 2.24) is 39.9 Å². The van der Waals surface area contributed by atoms with Gasteiger partial charge in [0, 0.05) is 118 Å². The number of unbranched alkanes of at least 4 members (excludes halogenated alkanes) is 6. The Hall–Kier alpha value is -11.2. The van der Waals surface area contributed by atoms with E-state index in [1.807, 2.05) is 184 Å². The van der Waals surface area contributed by atoms with Gasteiger partial charge in [0.2, 0.25) is 0 Å². The minimum atomic E-state index is -0.189. The Kier molecular flexibility index (Phi) is 32.8. The van der Waals surface area contributed by atoms with Crippen LogP contribution in [0, 0.1) is 0 Å². The van der Waals surface area contributed by atoms with Crippen LogP contribution in [-0.4, -0.2) is 127 Å². The monoisotopic (exact) mass is 1550 g/mol. The fourth-order valence-electron chi connectivity index (χ4n) is 14.0. The summed E-state index contributed by atoms with van der Waals surface area (Å²) in [5.41, 5.74) is 30.1. The van der Waals surface area contributed by atoms with Crippen molar-refractivity contribution in [2.24, 2.45) is 20.0 Å². The van der Waals surface area contributed by atoms with Gasteiger partial charge in [0.1, 0.15) is 5.78 Å². The average Bonchev–Trinajstić information content (AvgIpc) is 1.68. The number of allylic oxidation sites excluding steroid dienone is 8. The second kappa shape index (κ2) is 43.1. The molecule has 0 bridgehead atoms. The highest BCUT2D eigenvalue weighted by molar-refractivity contribution is 6.06. The van der Waals surface area contributed by atoms with E-state index in [0.717, 1.165) is 213 Å². The van der Waals surface area contributed by atoms with Gasteiger partial charge in [0.05, 0.1) is 115 Å². The van der Waals surface area contributed by atoms with Gasteiger partial charge >= 0.3 is 17.9 Å². The van der Waals surface area contributed by atoms with E-state index in [1.54, 1.807) is 6.92 Å². The van der Waals surface area contributed by atoms with E-state index in [-0.39, 0.29) is 50.1 Å². The molecule has 0 radical (unpaired) electrons. The van der Waals surface area contributed by atoms with Crippen molar-refractivity contribution in [2.45, 2.75) is 212 Å². The second-order valence-electron chi connectivity index (χ2n) is 28.8. The molecule has 8 aromatic heterocycles. The number of ether oxygens (including phenoxy) is 3. The molecule has 0 amide bonds. The molecule has 12 rings (SSSR count). The summed E-state index contributed by atoms with van der Waals surface area (Å²) in [7, 11) is 0. The molecule has 12 heterocycles. The van der Waals surface area contributed by atoms with Gasteiger partial charge in [-0.2, -0.15) is 0 Å². The van der Waals surface area contributed by atoms with Crippen LogP contribution in [0.15, 0.2) is 185 Å². The average molecular weight is 1550 g/mol. The van der Waals surface area contributed by atoms with Crippen molar-refractivity contribution in [1.29, 1.82) is 0 Å². The molecule has 12 N–H and O–H groups in total. The van der Waals surface area contributed by atoms with Gasteiger partial charge < -0.3 is 79.3 Å². The number of hydrogen-bond acceptors (Lipinski definition) is 15. The molecule has 0 spiro atoms. The summed E-state index contributed by atoms with van der Waals surface area (Å²) in [5.74, 6) is -0.304. The van der Waals surface area contributed by atoms with Crippen LogP contribution in [0.3, 0.4) is 0 Å². The number of H-pyrrole nitrogens is 8. The summed E-state index contributed by atoms with van der Waals surface area (Å²) in [6.07, 6.45) is 28.5. The molecule has 0 aromatic carbocycles. The molecule has 114 heavy (non-hydrogen) atoms. The first-order chi connectivity index (χ1) is 55.1. The van der Waals surface area contributed by atoms with E-state index in [2.05, 4.69) is 68.7 Å². The lowest BCUT2D eigenvalue weighted by Gasteiger charge is -2.07. The lowest BCUT2D eigenvalue weighted by Crippen LogP contribution is -2.07. The first-order valence-electron chi connectivity index (χ1n) is 39.8. The zero-order chi connectivity index (χ0) is 81.8. The molecule has 8 aromatic rings. The van der Waals surface area contributed by atoms with Gasteiger partial charge in [-0.3, -0.25) is 34.4 Å². The number of carbonyl (C=O) groups is 4. The van der Waals surface area contributed by atoms with Crippen molar-refractivity contribution in [2.75, 3.05) is 19.8 Å². The molecule has 4 aliphatic heterocycles. The van der Waals surface area contributed by atoms with Crippen molar-refractivity contribution in [3.05, 3.63) is 210 Å². The van der Waals surface area contributed by atoms with E-state index in [1.165, 1.54) is 25.7 Å². The topological polar surface area (TPSA) is 353 Å². The van der Waals surface area contributed by atoms with Crippen LogP contribution in [0.5, 0.6) is 0 Å². The van der Waals surface area contributed by atoms with Gasteiger partial charge in [-0.25, -0.2) is 0 Å². The van der Waals surface area contributed by atoms with E-state index >= 15 is 0 Å². The standard InChI is InChI=1S/C27H37N3O3.C23H29N3O3.C21H25N3O3.C20H23N3O2/c1-4-5-6-7-8-9-15-33-27(32)13-12-22-19(2)24(29-20(22)3)17-25-21(18-31)16-26(30-25)23-11-10-14-28-23;1-4-5-11-29-23(28)9-8-18-15(2)20(25-16(18)3)13-21-17(14-27)12-22(26-21)19-7-6-10-24-19;1-4-27-21(26)8-7-16-13(2)18(23-14(16)3)11-19-15(12-25)10-20(24-19)17-6-5-9-22-17;1-12(25)6-7-16-13(2)18(22-14(16)3)10-19-15(11-24)9-20(23-19)17-5-4-8-21-17/h10-11,14,16-17,28,30-31H,4-9,12-13,15,18H2,1-3H3;6-7,10,12-13,24,26-27H,4-5,8-9,11,14H2,1-3H3;5-6,9-11,22,24-25H,4,7-8,12H2,1-3H3;4-5,8-10,21,23-24H,6-7,11H2,1-3H3. The summed E-state index contributed by atoms with van der Waals surface area (Å²) < 4.78 is 15.7. The highest BCUT2D eigenvalue weighted by Crippen LogP contribution is 2.37. The number of aliphatic hydroxyl groups excluding tert-OH is 4. The van der Waals surface area contributed by atoms with Crippen LogP contribution in [0.25, 0.3) is 69.9 Å². The van der Waals surface area contributed by atoms with Crippen molar-refractivity contribution in [3.63, 3.8) is 0 Å². The number of nitrogens with zero attached hydrogens (tertiary/aromatic N) is 4. The molecular weight excluding hydrogens is 1440 g/mol. The van der Waals surface area contributed by atoms with Crippen LogP contribution < -0.4 is 0 Å². The second-order valence-corrected chi connectivity index (χ2v) is 28.8. The van der Waals surface area contributed by atoms with Crippen LogP contribution in [-0.2, 0) is 59.8 Å². The number of aromatic nitrogens is 8.